The van der Waals surface area contributed by atoms with Gasteiger partial charge in [-0.2, -0.15) is 0 Å². The van der Waals surface area contributed by atoms with E-state index in [4.69, 9.17) is 9.26 Å². The van der Waals surface area contributed by atoms with E-state index in [0.717, 1.165) is 17.9 Å². The zero-order valence-corrected chi connectivity index (χ0v) is 12.9. The Kier molecular flexibility index (Phi) is 4.13. The summed E-state index contributed by atoms with van der Waals surface area (Å²) >= 11 is 0. The summed E-state index contributed by atoms with van der Waals surface area (Å²) in [4.78, 5) is 14.2. The van der Waals surface area contributed by atoms with Gasteiger partial charge in [-0.25, -0.2) is 0 Å². The number of hydrogen-bond donors (Lipinski definition) is 0. The van der Waals surface area contributed by atoms with Crippen molar-refractivity contribution in [2.24, 2.45) is 0 Å². The number of likely N-dealkylation sites (tertiary alicyclic amines) is 1. The van der Waals surface area contributed by atoms with Crippen molar-refractivity contribution in [1.82, 2.24) is 10.1 Å². The summed E-state index contributed by atoms with van der Waals surface area (Å²) < 4.78 is 11.1. The molecule has 5 nitrogen and oxygen atoms in total. The Bertz CT molecular complexity index is 636. The second-order valence-electron chi connectivity index (χ2n) is 5.86. The molecular weight excluding hydrogens is 280 g/mol. The van der Waals surface area contributed by atoms with Gasteiger partial charge in [-0.05, 0) is 12.1 Å². The van der Waals surface area contributed by atoms with Crippen LogP contribution in [0.3, 0.4) is 0 Å². The van der Waals surface area contributed by atoms with Crippen molar-refractivity contribution in [2.75, 3.05) is 13.1 Å². The minimum absolute atomic E-state index is 0.0304. The first-order valence-corrected chi connectivity index (χ1v) is 7.61. The highest BCUT2D eigenvalue weighted by Gasteiger charge is 2.30. The van der Waals surface area contributed by atoms with E-state index in [2.05, 4.69) is 5.16 Å². The summed E-state index contributed by atoms with van der Waals surface area (Å²) in [6.45, 7) is 5.28. The van der Waals surface area contributed by atoms with E-state index < -0.39 is 0 Å². The van der Waals surface area contributed by atoms with Gasteiger partial charge in [0.25, 0.3) is 5.91 Å². The van der Waals surface area contributed by atoms with Crippen LogP contribution in [-0.4, -0.2) is 35.2 Å². The Balaban J connectivity index is 1.60. The number of rotatable bonds is 4. The summed E-state index contributed by atoms with van der Waals surface area (Å²) in [7, 11) is 0. The molecule has 0 spiro atoms. The molecule has 1 amide bonds. The third-order valence-corrected chi connectivity index (χ3v) is 3.79. The van der Waals surface area contributed by atoms with Crippen LogP contribution in [-0.2, 0) is 0 Å². The fourth-order valence-electron chi connectivity index (χ4n) is 2.52. The predicted octanol–water partition coefficient (Wildman–Crippen LogP) is 3.09. The number of para-hydroxylation sites is 1. The average molecular weight is 300 g/mol. The summed E-state index contributed by atoms with van der Waals surface area (Å²) in [5, 5.41) is 3.88. The highest BCUT2D eigenvalue weighted by atomic mass is 16.5. The number of hydrogen-bond acceptors (Lipinski definition) is 4. The molecule has 1 saturated heterocycles. The lowest BCUT2D eigenvalue weighted by molar-refractivity contribution is 0.0762. The van der Waals surface area contributed by atoms with Crippen LogP contribution >= 0.6 is 0 Å². The van der Waals surface area contributed by atoms with E-state index >= 15 is 0 Å². The van der Waals surface area contributed by atoms with Crippen molar-refractivity contribution >= 4 is 5.91 Å². The van der Waals surface area contributed by atoms with Gasteiger partial charge in [0, 0.05) is 24.9 Å². The maximum Gasteiger partial charge on any atom is 0.276 e. The van der Waals surface area contributed by atoms with Crippen molar-refractivity contribution in [1.29, 1.82) is 0 Å². The third kappa shape index (κ3) is 3.13. The molecule has 116 valence electrons. The molecule has 0 aliphatic carbocycles. The van der Waals surface area contributed by atoms with E-state index in [9.17, 15) is 4.79 Å². The summed E-state index contributed by atoms with van der Waals surface area (Å²) in [5.74, 6) is 1.71. The minimum atomic E-state index is -0.0881. The number of carbonyl (C=O) groups is 1. The van der Waals surface area contributed by atoms with Gasteiger partial charge >= 0.3 is 0 Å². The lowest BCUT2D eigenvalue weighted by Gasteiger charge is -2.16. The topological polar surface area (TPSA) is 55.6 Å². The molecule has 1 aliphatic heterocycles. The number of carbonyl (C=O) groups excluding carboxylic acids is 1. The van der Waals surface area contributed by atoms with Crippen molar-refractivity contribution in [3.05, 3.63) is 47.9 Å². The maximum absolute atomic E-state index is 12.4. The second-order valence-corrected chi connectivity index (χ2v) is 5.86. The summed E-state index contributed by atoms with van der Waals surface area (Å²) in [6.07, 6.45) is 0.859. The van der Waals surface area contributed by atoms with Gasteiger partial charge in [-0.15, -0.1) is 0 Å². The molecular formula is C17H20N2O3. The molecule has 0 saturated carbocycles. The molecule has 22 heavy (non-hydrogen) atoms. The Morgan fingerprint density at radius 2 is 2.14 bits per heavy atom. The van der Waals surface area contributed by atoms with Crippen LogP contribution in [0.5, 0.6) is 5.75 Å². The predicted molar refractivity (Wildman–Crippen MR) is 82.0 cm³/mol. The maximum atomic E-state index is 12.4. The Morgan fingerprint density at radius 3 is 2.82 bits per heavy atom. The fraction of sp³-hybridized carbons (Fsp3) is 0.412. The Morgan fingerprint density at radius 1 is 1.36 bits per heavy atom. The molecule has 2 aromatic rings. The number of nitrogens with zero attached hydrogens (tertiary/aromatic N) is 2. The Labute approximate surface area is 129 Å². The van der Waals surface area contributed by atoms with Crippen molar-refractivity contribution in [3.63, 3.8) is 0 Å². The molecule has 1 unspecified atom stereocenters. The first kappa shape index (κ1) is 14.6. The molecule has 0 N–H and O–H groups in total. The molecule has 2 heterocycles. The SMILES string of the molecule is CC(C)c1cc(C(=O)N2CCC(Oc3ccccc3)C2)no1. The van der Waals surface area contributed by atoms with E-state index in [1.54, 1.807) is 11.0 Å². The van der Waals surface area contributed by atoms with Crippen LogP contribution in [0.4, 0.5) is 0 Å². The monoisotopic (exact) mass is 300 g/mol. The van der Waals surface area contributed by atoms with E-state index in [1.807, 2.05) is 44.2 Å². The third-order valence-electron chi connectivity index (χ3n) is 3.79. The van der Waals surface area contributed by atoms with Crippen LogP contribution in [0.15, 0.2) is 40.9 Å². The van der Waals surface area contributed by atoms with Crippen molar-refractivity contribution in [3.8, 4) is 5.75 Å². The van der Waals surface area contributed by atoms with Crippen LogP contribution < -0.4 is 4.74 Å². The second kappa shape index (κ2) is 6.22. The van der Waals surface area contributed by atoms with Crippen LogP contribution in [0, 0.1) is 0 Å². The number of benzene rings is 1. The fourth-order valence-corrected chi connectivity index (χ4v) is 2.52. The van der Waals surface area contributed by atoms with Gasteiger partial charge in [0.05, 0.1) is 6.54 Å². The zero-order valence-electron chi connectivity index (χ0n) is 12.9. The number of amides is 1. The van der Waals surface area contributed by atoms with Crippen molar-refractivity contribution < 1.29 is 14.1 Å². The lowest BCUT2D eigenvalue weighted by Crippen LogP contribution is -2.31. The van der Waals surface area contributed by atoms with Crippen molar-refractivity contribution in [2.45, 2.75) is 32.3 Å². The first-order chi connectivity index (χ1) is 10.6. The lowest BCUT2D eigenvalue weighted by atomic mass is 10.1. The van der Waals surface area contributed by atoms with Gasteiger partial charge in [-0.3, -0.25) is 4.79 Å². The largest absolute Gasteiger partial charge is 0.489 e. The Hall–Kier alpha value is -2.30. The summed E-state index contributed by atoms with van der Waals surface area (Å²) in [5.41, 5.74) is 0.379. The van der Waals surface area contributed by atoms with Crippen LogP contribution in [0.2, 0.25) is 0 Å². The summed E-state index contributed by atoms with van der Waals surface area (Å²) in [6, 6.07) is 11.4. The molecule has 1 fully saturated rings. The molecule has 5 heteroatoms. The van der Waals surface area contributed by atoms with Gasteiger partial charge < -0.3 is 14.2 Å². The standard InChI is InChI=1S/C17H20N2O3/c1-12(2)16-10-15(18-22-16)17(20)19-9-8-14(11-19)21-13-6-4-3-5-7-13/h3-7,10,12,14H,8-9,11H2,1-2H3. The van der Waals surface area contributed by atoms with E-state index in [0.29, 0.717) is 18.8 Å². The molecule has 0 radical (unpaired) electrons. The molecule has 1 aliphatic rings. The normalized spacial score (nSPS) is 18.0. The minimum Gasteiger partial charge on any atom is -0.489 e. The van der Waals surface area contributed by atoms with Gasteiger partial charge in [0.2, 0.25) is 0 Å². The van der Waals surface area contributed by atoms with Crippen LogP contribution in [0.1, 0.15) is 42.4 Å². The van der Waals surface area contributed by atoms with Crippen LogP contribution in [0.25, 0.3) is 0 Å². The van der Waals surface area contributed by atoms with Gasteiger partial charge in [-0.1, -0.05) is 37.2 Å². The van der Waals surface area contributed by atoms with E-state index in [1.165, 1.54) is 0 Å². The molecule has 0 bridgehead atoms. The smallest absolute Gasteiger partial charge is 0.276 e. The molecule has 1 aromatic heterocycles. The molecule has 1 aromatic carbocycles. The van der Waals surface area contributed by atoms with E-state index in [-0.39, 0.29) is 17.9 Å². The first-order valence-electron chi connectivity index (χ1n) is 7.61. The zero-order chi connectivity index (χ0) is 15.5. The average Bonchev–Trinajstić information content (AvgIpc) is 3.17. The molecule has 1 atom stereocenters. The molecule has 3 rings (SSSR count). The highest BCUT2D eigenvalue weighted by molar-refractivity contribution is 5.92. The number of aromatic nitrogens is 1. The quantitative estimate of drug-likeness (QED) is 0.870. The van der Waals surface area contributed by atoms with Gasteiger partial charge in [0.15, 0.2) is 5.69 Å². The number of ether oxygens (including phenoxy) is 1. The van der Waals surface area contributed by atoms with Gasteiger partial charge in [0.1, 0.15) is 17.6 Å². The highest BCUT2D eigenvalue weighted by Crippen LogP contribution is 2.21.